The lowest BCUT2D eigenvalue weighted by Crippen LogP contribution is -2.37. The van der Waals surface area contributed by atoms with Gasteiger partial charge in [-0.3, -0.25) is 9.59 Å². The van der Waals surface area contributed by atoms with Gasteiger partial charge in [-0.25, -0.2) is 0 Å². The number of hydrogen-bond acceptors (Lipinski definition) is 3. The zero-order valence-corrected chi connectivity index (χ0v) is 20.2. The molecule has 0 bridgehead atoms. The molecule has 1 amide bonds. The summed E-state index contributed by atoms with van der Waals surface area (Å²) in [4.78, 5) is 28.7. The van der Waals surface area contributed by atoms with E-state index in [4.69, 9.17) is 5.73 Å². The van der Waals surface area contributed by atoms with Crippen LogP contribution in [-0.4, -0.2) is 22.7 Å². The van der Waals surface area contributed by atoms with Gasteiger partial charge in [-0.2, -0.15) is 0 Å². The van der Waals surface area contributed by atoms with Crippen LogP contribution in [-0.2, 0) is 11.2 Å². The van der Waals surface area contributed by atoms with Crippen LogP contribution in [0, 0.1) is 0 Å². The number of H-pyrrole nitrogens is 1. The van der Waals surface area contributed by atoms with Gasteiger partial charge >= 0.3 is 0 Å². The van der Waals surface area contributed by atoms with Crippen LogP contribution in [0.5, 0.6) is 0 Å². The molecule has 5 heteroatoms. The average Bonchev–Trinajstić information content (AvgIpc) is 3.35. The molecule has 182 valence electrons. The van der Waals surface area contributed by atoms with Crippen LogP contribution in [0.2, 0.25) is 0 Å². The highest BCUT2D eigenvalue weighted by molar-refractivity contribution is 6.08. The van der Waals surface area contributed by atoms with Crippen molar-refractivity contribution in [3.05, 3.63) is 132 Å². The number of nitrogens with one attached hydrogen (secondary N) is 2. The number of ketones is 1. The molecule has 4 N–H and O–H groups in total. The van der Waals surface area contributed by atoms with E-state index in [1.807, 2.05) is 72.9 Å². The topological polar surface area (TPSA) is 88.0 Å². The van der Waals surface area contributed by atoms with Gasteiger partial charge in [-0.15, -0.1) is 0 Å². The smallest absolute Gasteiger partial charge is 0.241 e. The largest absolute Gasteiger partial charge is 0.361 e. The maximum absolute atomic E-state index is 12.8. The molecule has 0 radical (unpaired) electrons. The lowest BCUT2D eigenvalue weighted by atomic mass is 10.0. The van der Waals surface area contributed by atoms with Crippen LogP contribution >= 0.6 is 0 Å². The number of amides is 1. The molecule has 0 saturated heterocycles. The van der Waals surface area contributed by atoms with Crippen molar-refractivity contribution in [3.63, 3.8) is 0 Å². The molecule has 0 saturated carbocycles. The highest BCUT2D eigenvalue weighted by Crippen LogP contribution is 2.21. The van der Waals surface area contributed by atoms with Crippen molar-refractivity contribution in [2.45, 2.75) is 12.5 Å². The number of carbonyl (C=O) groups is 2. The molecule has 0 spiro atoms. The monoisotopic (exact) mass is 485 g/mol. The van der Waals surface area contributed by atoms with E-state index in [2.05, 4.69) is 22.4 Å². The Kier molecular flexibility index (Phi) is 7.06. The summed E-state index contributed by atoms with van der Waals surface area (Å²) in [6, 6.07) is 32.3. The van der Waals surface area contributed by atoms with Crippen molar-refractivity contribution in [2.75, 3.05) is 5.32 Å². The molecule has 0 aliphatic rings. The fourth-order valence-electron chi connectivity index (χ4n) is 4.30. The minimum atomic E-state index is -0.725. The summed E-state index contributed by atoms with van der Waals surface area (Å²) in [6.45, 7) is 0. The maximum atomic E-state index is 12.8. The van der Waals surface area contributed by atoms with Gasteiger partial charge in [0.1, 0.15) is 0 Å². The Labute approximate surface area is 215 Å². The minimum Gasteiger partial charge on any atom is -0.361 e. The molecule has 1 atom stereocenters. The fraction of sp³-hybridized carbons (Fsp3) is 0.0625. The molecular formula is C32H27N3O2. The van der Waals surface area contributed by atoms with E-state index in [9.17, 15) is 9.59 Å². The highest BCUT2D eigenvalue weighted by atomic mass is 16.2. The van der Waals surface area contributed by atoms with Gasteiger partial charge in [0.15, 0.2) is 5.78 Å². The third-order valence-electron chi connectivity index (χ3n) is 6.31. The SMILES string of the molecule is NC(Cc1c[nH]c2ccccc12)C(=O)Nc1cccc(C(=O)/C=C/c2ccc(-c3ccccc3)cc2)c1. The van der Waals surface area contributed by atoms with E-state index in [1.165, 1.54) is 0 Å². The second-order valence-electron chi connectivity index (χ2n) is 8.93. The summed E-state index contributed by atoms with van der Waals surface area (Å²) in [5.74, 6) is -0.449. The molecule has 0 aliphatic heterocycles. The highest BCUT2D eigenvalue weighted by Gasteiger charge is 2.17. The molecule has 1 heterocycles. The normalized spacial score (nSPS) is 12.0. The van der Waals surface area contributed by atoms with Crippen LogP contribution in [0.15, 0.2) is 115 Å². The van der Waals surface area contributed by atoms with Crippen LogP contribution in [0.4, 0.5) is 5.69 Å². The number of allylic oxidation sites excluding steroid dienone is 1. The zero-order valence-electron chi connectivity index (χ0n) is 20.2. The number of aromatic amines is 1. The number of para-hydroxylation sites is 1. The minimum absolute atomic E-state index is 0.147. The van der Waals surface area contributed by atoms with E-state index in [1.54, 1.807) is 36.4 Å². The first-order valence-corrected chi connectivity index (χ1v) is 12.2. The Morgan fingerprint density at radius 2 is 1.57 bits per heavy atom. The Hall–Kier alpha value is -4.74. The van der Waals surface area contributed by atoms with Crippen molar-refractivity contribution in [1.29, 1.82) is 0 Å². The number of aromatic nitrogens is 1. The third-order valence-corrected chi connectivity index (χ3v) is 6.31. The Balaban J connectivity index is 1.21. The number of rotatable bonds is 8. The second-order valence-corrected chi connectivity index (χ2v) is 8.93. The molecule has 5 rings (SSSR count). The predicted octanol–water partition coefficient (Wildman–Crippen LogP) is 6.24. The Bertz CT molecular complexity index is 1570. The quantitative estimate of drug-likeness (QED) is 0.180. The molecule has 1 aromatic heterocycles. The summed E-state index contributed by atoms with van der Waals surface area (Å²) in [5.41, 5.74) is 12.4. The number of fused-ring (bicyclic) bond motifs is 1. The summed E-state index contributed by atoms with van der Waals surface area (Å²) in [5, 5.41) is 3.90. The molecule has 37 heavy (non-hydrogen) atoms. The van der Waals surface area contributed by atoms with Gasteiger partial charge in [0.2, 0.25) is 5.91 Å². The first-order valence-electron chi connectivity index (χ1n) is 12.2. The number of carbonyl (C=O) groups excluding carboxylic acids is 2. The van der Waals surface area contributed by atoms with Crippen LogP contribution < -0.4 is 11.1 Å². The van der Waals surface area contributed by atoms with Gasteiger partial charge in [-0.05, 0) is 52.9 Å². The molecule has 4 aromatic carbocycles. The molecule has 1 unspecified atom stereocenters. The average molecular weight is 486 g/mol. The number of hydrogen-bond donors (Lipinski definition) is 3. The van der Waals surface area contributed by atoms with E-state index in [0.29, 0.717) is 17.7 Å². The van der Waals surface area contributed by atoms with Crippen molar-refractivity contribution in [3.8, 4) is 11.1 Å². The van der Waals surface area contributed by atoms with Gasteiger partial charge in [0.05, 0.1) is 6.04 Å². The second kappa shape index (κ2) is 10.9. The van der Waals surface area contributed by atoms with E-state index in [-0.39, 0.29) is 11.7 Å². The Morgan fingerprint density at radius 1 is 0.838 bits per heavy atom. The number of anilines is 1. The summed E-state index contributed by atoms with van der Waals surface area (Å²) in [7, 11) is 0. The van der Waals surface area contributed by atoms with Crippen molar-refractivity contribution < 1.29 is 9.59 Å². The van der Waals surface area contributed by atoms with Gasteiger partial charge in [-0.1, -0.05) is 91.0 Å². The van der Waals surface area contributed by atoms with Gasteiger partial charge in [0.25, 0.3) is 0 Å². The molecule has 5 nitrogen and oxygen atoms in total. The van der Waals surface area contributed by atoms with Gasteiger partial charge < -0.3 is 16.0 Å². The van der Waals surface area contributed by atoms with E-state index in [0.717, 1.165) is 33.2 Å². The van der Waals surface area contributed by atoms with Gasteiger partial charge in [0, 0.05) is 28.4 Å². The third kappa shape index (κ3) is 5.74. The summed E-state index contributed by atoms with van der Waals surface area (Å²) in [6.07, 6.45) is 5.62. The van der Waals surface area contributed by atoms with Crippen LogP contribution in [0.25, 0.3) is 28.1 Å². The first kappa shape index (κ1) is 24.0. The lowest BCUT2D eigenvalue weighted by molar-refractivity contribution is -0.117. The van der Waals surface area contributed by atoms with Crippen LogP contribution in [0.1, 0.15) is 21.5 Å². The maximum Gasteiger partial charge on any atom is 0.241 e. The van der Waals surface area contributed by atoms with E-state index >= 15 is 0 Å². The number of nitrogens with two attached hydrogens (primary N) is 1. The lowest BCUT2D eigenvalue weighted by Gasteiger charge is -2.12. The summed E-state index contributed by atoms with van der Waals surface area (Å²) < 4.78 is 0. The predicted molar refractivity (Wildman–Crippen MR) is 150 cm³/mol. The molecular weight excluding hydrogens is 458 g/mol. The van der Waals surface area contributed by atoms with Crippen LogP contribution in [0.3, 0.4) is 0 Å². The van der Waals surface area contributed by atoms with Crippen molar-refractivity contribution >= 4 is 34.4 Å². The van der Waals surface area contributed by atoms with Crippen molar-refractivity contribution in [2.24, 2.45) is 5.73 Å². The zero-order chi connectivity index (χ0) is 25.6. The van der Waals surface area contributed by atoms with E-state index < -0.39 is 6.04 Å². The Morgan fingerprint density at radius 3 is 2.38 bits per heavy atom. The standard InChI is InChI=1S/C32H27N3O2/c33-29(20-26-21-34-30-12-5-4-11-28(26)30)32(37)35-27-10-6-9-25(19-27)31(36)18-15-22-13-16-24(17-14-22)23-7-2-1-3-8-23/h1-19,21,29,34H,20,33H2,(H,35,37)/b18-15+. The fourth-order valence-corrected chi connectivity index (χ4v) is 4.30. The number of benzene rings is 4. The first-order chi connectivity index (χ1) is 18.1. The van der Waals surface area contributed by atoms with Crippen molar-refractivity contribution in [1.82, 2.24) is 4.98 Å². The molecule has 5 aromatic rings. The summed E-state index contributed by atoms with van der Waals surface area (Å²) >= 11 is 0. The molecule has 0 aliphatic carbocycles. The molecule has 0 fully saturated rings.